The fourth-order valence-electron chi connectivity index (χ4n) is 2.51. The zero-order valence-corrected chi connectivity index (χ0v) is 13.1. The Kier molecular flexibility index (Phi) is 3.51. The molecule has 3 rings (SSSR count). The van der Waals surface area contributed by atoms with Gasteiger partial charge < -0.3 is 14.0 Å². The molecule has 3 heterocycles. The summed E-state index contributed by atoms with van der Waals surface area (Å²) < 4.78 is 13.2. The van der Waals surface area contributed by atoms with E-state index in [9.17, 15) is 5.26 Å². The molecule has 0 N–H and O–H groups in total. The number of hydrogen-bond donors (Lipinski definition) is 0. The van der Waals surface area contributed by atoms with Gasteiger partial charge in [0, 0.05) is 25.6 Å². The highest BCUT2D eigenvalue weighted by atomic mass is 16.7. The molecule has 7 nitrogen and oxygen atoms in total. The predicted molar refractivity (Wildman–Crippen MR) is 79.2 cm³/mol. The normalized spacial score (nSPS) is 15.2. The van der Waals surface area contributed by atoms with Crippen LogP contribution in [0.4, 0.5) is 0 Å². The van der Waals surface area contributed by atoms with Crippen molar-refractivity contribution in [3.63, 3.8) is 0 Å². The van der Waals surface area contributed by atoms with Crippen LogP contribution in [0.2, 0.25) is 0 Å². The quantitative estimate of drug-likeness (QED) is 0.842. The number of imidazole rings is 1. The molecular formula is C16H15N5O2. The van der Waals surface area contributed by atoms with Gasteiger partial charge in [0.15, 0.2) is 11.4 Å². The van der Waals surface area contributed by atoms with E-state index in [1.54, 1.807) is 10.8 Å². The third-order valence-corrected chi connectivity index (χ3v) is 3.71. The van der Waals surface area contributed by atoms with E-state index in [-0.39, 0.29) is 11.4 Å². The van der Waals surface area contributed by atoms with E-state index in [1.165, 1.54) is 6.33 Å². The molecule has 0 bridgehead atoms. The molecule has 0 atom stereocenters. The lowest BCUT2D eigenvalue weighted by Gasteiger charge is -2.34. The Hall–Kier alpha value is -2.90. The van der Waals surface area contributed by atoms with Crippen molar-refractivity contribution in [1.29, 1.82) is 10.5 Å². The lowest BCUT2D eigenvalue weighted by Crippen LogP contribution is -2.36. The van der Waals surface area contributed by atoms with E-state index in [4.69, 9.17) is 14.7 Å². The maximum absolute atomic E-state index is 9.22. The second kappa shape index (κ2) is 5.38. The Morgan fingerprint density at radius 2 is 2.09 bits per heavy atom. The minimum atomic E-state index is -0.696. The lowest BCUT2D eigenvalue weighted by molar-refractivity contribution is -0.180. The van der Waals surface area contributed by atoms with Gasteiger partial charge in [0.25, 0.3) is 0 Å². The van der Waals surface area contributed by atoms with Crippen LogP contribution >= 0.6 is 0 Å². The summed E-state index contributed by atoms with van der Waals surface area (Å²) in [5.41, 5.74) is 2.94. The Morgan fingerprint density at radius 1 is 1.30 bits per heavy atom. The minimum Gasteiger partial charge on any atom is -0.461 e. The fraction of sp³-hybridized carbons (Fsp3) is 0.375. The van der Waals surface area contributed by atoms with Crippen molar-refractivity contribution >= 4 is 0 Å². The fourth-order valence-corrected chi connectivity index (χ4v) is 2.51. The molecule has 2 aromatic heterocycles. The van der Waals surface area contributed by atoms with Crippen molar-refractivity contribution < 1.29 is 9.47 Å². The molecule has 2 aromatic rings. The summed E-state index contributed by atoms with van der Waals surface area (Å²) in [7, 11) is 0. The van der Waals surface area contributed by atoms with Crippen LogP contribution in [0.15, 0.2) is 12.5 Å². The molecule has 23 heavy (non-hydrogen) atoms. The first kappa shape index (κ1) is 15.0. The van der Waals surface area contributed by atoms with Gasteiger partial charge in [-0.3, -0.25) is 4.98 Å². The van der Waals surface area contributed by atoms with Gasteiger partial charge in [-0.2, -0.15) is 10.5 Å². The molecule has 1 aliphatic heterocycles. The van der Waals surface area contributed by atoms with Gasteiger partial charge in [-0.1, -0.05) is 0 Å². The van der Waals surface area contributed by atoms with Crippen LogP contribution in [-0.2, 0) is 17.9 Å². The van der Waals surface area contributed by atoms with Crippen molar-refractivity contribution in [2.75, 3.05) is 0 Å². The highest BCUT2D eigenvalue weighted by Gasteiger charge is 2.30. The summed E-state index contributed by atoms with van der Waals surface area (Å²) in [6.07, 6.45) is 3.23. The van der Waals surface area contributed by atoms with E-state index < -0.39 is 5.79 Å². The summed E-state index contributed by atoms with van der Waals surface area (Å²) in [4.78, 5) is 8.33. The van der Waals surface area contributed by atoms with Crippen LogP contribution in [-0.4, -0.2) is 20.3 Å². The largest absolute Gasteiger partial charge is 0.461 e. The molecule has 0 radical (unpaired) electrons. The van der Waals surface area contributed by atoms with Crippen molar-refractivity contribution in [2.45, 2.75) is 39.7 Å². The van der Waals surface area contributed by atoms with Crippen molar-refractivity contribution in [1.82, 2.24) is 14.5 Å². The number of aromatic nitrogens is 3. The highest BCUT2D eigenvalue weighted by molar-refractivity contribution is 5.44. The smallest absolute Gasteiger partial charge is 0.205 e. The first-order valence-electron chi connectivity index (χ1n) is 7.11. The Balaban J connectivity index is 2.02. The van der Waals surface area contributed by atoms with E-state index in [0.717, 1.165) is 22.6 Å². The number of aryl methyl sites for hydroxylation is 1. The third-order valence-electron chi connectivity index (χ3n) is 3.71. The molecule has 0 saturated carbocycles. The van der Waals surface area contributed by atoms with Gasteiger partial charge >= 0.3 is 0 Å². The van der Waals surface area contributed by atoms with Crippen molar-refractivity contribution in [3.05, 3.63) is 40.7 Å². The predicted octanol–water partition coefficient (Wildman–Crippen LogP) is 2.02. The SMILES string of the molecule is Cc1ncc(Cn2cnc(C#N)c2C#N)c2c1OC(C)(C)OC2. The summed E-state index contributed by atoms with van der Waals surface area (Å²) in [6, 6.07) is 3.93. The molecule has 0 aromatic carbocycles. The molecule has 0 amide bonds. The molecule has 116 valence electrons. The number of pyridine rings is 1. The molecule has 0 fully saturated rings. The van der Waals surface area contributed by atoms with Gasteiger partial charge in [-0.25, -0.2) is 4.98 Å². The number of fused-ring (bicyclic) bond motifs is 1. The Morgan fingerprint density at radius 3 is 2.78 bits per heavy atom. The zero-order valence-electron chi connectivity index (χ0n) is 13.1. The molecule has 0 unspecified atom stereocenters. The lowest BCUT2D eigenvalue weighted by atomic mass is 10.1. The van der Waals surface area contributed by atoms with Gasteiger partial charge in [0.2, 0.25) is 5.79 Å². The van der Waals surface area contributed by atoms with E-state index in [0.29, 0.717) is 13.2 Å². The Labute approximate surface area is 133 Å². The highest BCUT2D eigenvalue weighted by Crippen LogP contribution is 2.35. The summed E-state index contributed by atoms with van der Waals surface area (Å²) in [5, 5.41) is 18.2. The van der Waals surface area contributed by atoms with Crippen molar-refractivity contribution in [3.8, 4) is 17.9 Å². The Bertz CT molecular complexity index is 855. The average Bonchev–Trinajstić information content (AvgIpc) is 2.91. The third kappa shape index (κ3) is 2.63. The molecule has 0 saturated heterocycles. The first-order chi connectivity index (χ1) is 10.9. The first-order valence-corrected chi connectivity index (χ1v) is 7.11. The maximum atomic E-state index is 9.22. The number of nitriles is 2. The minimum absolute atomic E-state index is 0.120. The molecule has 1 aliphatic rings. The molecule has 0 spiro atoms. The number of ether oxygens (including phenoxy) is 2. The van der Waals surface area contributed by atoms with E-state index >= 15 is 0 Å². The van der Waals surface area contributed by atoms with Crippen LogP contribution < -0.4 is 4.74 Å². The van der Waals surface area contributed by atoms with Gasteiger partial charge in [-0.15, -0.1) is 0 Å². The molecule has 7 heteroatoms. The molecular weight excluding hydrogens is 294 g/mol. The van der Waals surface area contributed by atoms with Gasteiger partial charge in [-0.05, 0) is 12.5 Å². The zero-order chi connectivity index (χ0) is 16.6. The van der Waals surface area contributed by atoms with Gasteiger partial charge in [0.05, 0.1) is 25.2 Å². The average molecular weight is 309 g/mol. The second-order valence-corrected chi connectivity index (χ2v) is 5.76. The number of nitrogens with zero attached hydrogens (tertiary/aromatic N) is 5. The van der Waals surface area contributed by atoms with Crippen LogP contribution in [0.1, 0.15) is 42.1 Å². The number of hydrogen-bond acceptors (Lipinski definition) is 6. The van der Waals surface area contributed by atoms with Crippen LogP contribution in [0, 0.1) is 29.6 Å². The molecule has 0 aliphatic carbocycles. The maximum Gasteiger partial charge on any atom is 0.205 e. The van der Waals surface area contributed by atoms with Gasteiger partial charge in [0.1, 0.15) is 17.9 Å². The van der Waals surface area contributed by atoms with Crippen LogP contribution in [0.3, 0.4) is 0 Å². The van der Waals surface area contributed by atoms with E-state index in [1.807, 2.05) is 32.9 Å². The monoisotopic (exact) mass is 309 g/mol. The van der Waals surface area contributed by atoms with Crippen LogP contribution in [0.25, 0.3) is 0 Å². The summed E-state index contributed by atoms with van der Waals surface area (Å²) in [6.45, 7) is 6.37. The number of rotatable bonds is 2. The summed E-state index contributed by atoms with van der Waals surface area (Å²) >= 11 is 0. The summed E-state index contributed by atoms with van der Waals surface area (Å²) in [5.74, 6) is 0.0247. The second-order valence-electron chi connectivity index (χ2n) is 5.76. The standard InChI is InChI=1S/C16H15N5O2/c1-10-15-12(8-22-16(2,3)23-15)11(6-19-10)7-21-9-20-13(4-17)14(21)5-18/h6,9H,7-8H2,1-3H3. The van der Waals surface area contributed by atoms with Crippen molar-refractivity contribution in [2.24, 2.45) is 0 Å². The topological polar surface area (TPSA) is 96.8 Å². The van der Waals surface area contributed by atoms with E-state index in [2.05, 4.69) is 9.97 Å². The van der Waals surface area contributed by atoms with Crippen LogP contribution in [0.5, 0.6) is 5.75 Å².